The van der Waals surface area contributed by atoms with Crippen LogP contribution in [0, 0.1) is 10.1 Å². The van der Waals surface area contributed by atoms with Crippen LogP contribution in [-0.4, -0.2) is 40.4 Å². The predicted molar refractivity (Wildman–Crippen MR) is 104 cm³/mol. The van der Waals surface area contributed by atoms with E-state index in [0.29, 0.717) is 26.3 Å². The average molecular weight is 400 g/mol. The predicted octanol–water partition coefficient (Wildman–Crippen LogP) is 2.58. The van der Waals surface area contributed by atoms with Crippen molar-refractivity contribution in [3.05, 3.63) is 46.3 Å². The third kappa shape index (κ3) is 4.18. The van der Waals surface area contributed by atoms with Gasteiger partial charge in [0.1, 0.15) is 25.6 Å². The van der Waals surface area contributed by atoms with Crippen molar-refractivity contribution in [1.29, 1.82) is 0 Å². The van der Waals surface area contributed by atoms with E-state index >= 15 is 0 Å². The van der Waals surface area contributed by atoms with Crippen LogP contribution < -0.4 is 14.8 Å². The van der Waals surface area contributed by atoms with E-state index < -0.39 is 4.92 Å². The Balaban J connectivity index is 1.38. The molecule has 1 aliphatic carbocycles. The quantitative estimate of drug-likeness (QED) is 0.565. The molecule has 9 nitrogen and oxygen atoms in total. The molecule has 0 bridgehead atoms. The van der Waals surface area contributed by atoms with Gasteiger partial charge >= 0.3 is 5.69 Å². The van der Waals surface area contributed by atoms with Gasteiger partial charge in [0.15, 0.2) is 11.5 Å². The molecule has 1 aromatic heterocycles. The van der Waals surface area contributed by atoms with Crippen LogP contribution in [0.2, 0.25) is 0 Å². The normalized spacial score (nSPS) is 17.1. The van der Waals surface area contributed by atoms with Gasteiger partial charge in [0.25, 0.3) is 0 Å². The van der Waals surface area contributed by atoms with Crippen LogP contribution in [0.1, 0.15) is 37.7 Å². The van der Waals surface area contributed by atoms with Crippen molar-refractivity contribution in [2.24, 2.45) is 0 Å². The van der Waals surface area contributed by atoms with Crippen LogP contribution in [0.5, 0.6) is 11.5 Å². The Hall–Kier alpha value is -3.10. The Morgan fingerprint density at radius 2 is 2.00 bits per heavy atom. The SMILES string of the molecule is O=C(CCn1cc([N+](=O)[O-])cn1)NCC1(c2ccc3c(c2)OCCO3)CCCC1. The Kier molecular flexibility index (Phi) is 5.37. The number of nitro groups is 1. The fourth-order valence-electron chi connectivity index (χ4n) is 4.13. The molecule has 0 radical (unpaired) electrons. The number of aromatic nitrogens is 2. The molecule has 1 saturated carbocycles. The fraction of sp³-hybridized carbons (Fsp3) is 0.500. The van der Waals surface area contributed by atoms with Gasteiger partial charge in [0.05, 0.1) is 4.92 Å². The minimum Gasteiger partial charge on any atom is -0.486 e. The van der Waals surface area contributed by atoms with Gasteiger partial charge in [-0.1, -0.05) is 18.9 Å². The molecule has 2 heterocycles. The maximum Gasteiger partial charge on any atom is 0.306 e. The molecule has 154 valence electrons. The van der Waals surface area contributed by atoms with Gasteiger partial charge in [0, 0.05) is 24.9 Å². The van der Waals surface area contributed by atoms with Crippen molar-refractivity contribution in [3.8, 4) is 11.5 Å². The summed E-state index contributed by atoms with van der Waals surface area (Å²) >= 11 is 0. The minimum absolute atomic E-state index is 0.0751. The molecule has 29 heavy (non-hydrogen) atoms. The zero-order valence-electron chi connectivity index (χ0n) is 16.1. The monoisotopic (exact) mass is 400 g/mol. The lowest BCUT2D eigenvalue weighted by Crippen LogP contribution is -2.39. The van der Waals surface area contributed by atoms with Crippen molar-refractivity contribution in [2.75, 3.05) is 19.8 Å². The fourth-order valence-corrected chi connectivity index (χ4v) is 4.13. The molecule has 1 fully saturated rings. The highest BCUT2D eigenvalue weighted by Crippen LogP contribution is 2.43. The summed E-state index contributed by atoms with van der Waals surface area (Å²) in [5.41, 5.74) is 0.992. The summed E-state index contributed by atoms with van der Waals surface area (Å²) in [4.78, 5) is 22.6. The number of ether oxygens (including phenoxy) is 2. The Labute approximate surface area is 168 Å². The molecule has 4 rings (SSSR count). The van der Waals surface area contributed by atoms with Crippen molar-refractivity contribution in [2.45, 2.75) is 44.1 Å². The van der Waals surface area contributed by atoms with Gasteiger partial charge in [-0.3, -0.25) is 19.6 Å². The van der Waals surface area contributed by atoms with Gasteiger partial charge < -0.3 is 14.8 Å². The molecule has 2 aromatic rings. The van der Waals surface area contributed by atoms with E-state index in [0.717, 1.165) is 37.2 Å². The molecule has 1 aromatic carbocycles. The Morgan fingerprint density at radius 3 is 2.72 bits per heavy atom. The zero-order chi connectivity index (χ0) is 20.3. The molecule has 0 saturated heterocycles. The number of amides is 1. The number of nitrogens with zero attached hydrogens (tertiary/aromatic N) is 3. The van der Waals surface area contributed by atoms with Crippen LogP contribution in [0.25, 0.3) is 0 Å². The van der Waals surface area contributed by atoms with Crippen molar-refractivity contribution >= 4 is 11.6 Å². The molecule has 1 aliphatic heterocycles. The third-order valence-electron chi connectivity index (χ3n) is 5.74. The molecular weight excluding hydrogens is 376 g/mol. The largest absolute Gasteiger partial charge is 0.486 e. The van der Waals surface area contributed by atoms with Gasteiger partial charge in [-0.25, -0.2) is 0 Å². The topological polar surface area (TPSA) is 109 Å². The summed E-state index contributed by atoms with van der Waals surface area (Å²) in [5.74, 6) is 1.45. The zero-order valence-corrected chi connectivity index (χ0v) is 16.1. The van der Waals surface area contributed by atoms with Crippen molar-refractivity contribution in [3.63, 3.8) is 0 Å². The number of carbonyl (C=O) groups is 1. The first-order valence-corrected chi connectivity index (χ1v) is 9.89. The molecule has 0 spiro atoms. The number of benzene rings is 1. The van der Waals surface area contributed by atoms with Crippen LogP contribution >= 0.6 is 0 Å². The summed E-state index contributed by atoms with van der Waals surface area (Å²) in [6, 6.07) is 6.08. The van der Waals surface area contributed by atoms with E-state index in [2.05, 4.69) is 22.5 Å². The van der Waals surface area contributed by atoms with Crippen molar-refractivity contribution in [1.82, 2.24) is 15.1 Å². The van der Waals surface area contributed by atoms with Gasteiger partial charge in [-0.2, -0.15) is 5.10 Å². The van der Waals surface area contributed by atoms with Gasteiger partial charge in [0.2, 0.25) is 5.91 Å². The third-order valence-corrected chi connectivity index (χ3v) is 5.74. The maximum atomic E-state index is 12.4. The first-order valence-electron chi connectivity index (χ1n) is 9.89. The van der Waals surface area contributed by atoms with E-state index in [1.54, 1.807) is 0 Å². The van der Waals surface area contributed by atoms with Crippen molar-refractivity contribution < 1.29 is 19.2 Å². The summed E-state index contributed by atoms with van der Waals surface area (Å²) in [6.07, 6.45) is 7.02. The number of nitrogens with one attached hydrogen (secondary N) is 1. The van der Waals surface area contributed by atoms with E-state index in [1.807, 2.05) is 6.07 Å². The molecule has 1 amide bonds. The molecule has 0 atom stereocenters. The lowest BCUT2D eigenvalue weighted by Gasteiger charge is -2.31. The van der Waals surface area contributed by atoms with E-state index in [4.69, 9.17) is 9.47 Å². The van der Waals surface area contributed by atoms with Crippen LogP contribution in [0.4, 0.5) is 5.69 Å². The second-order valence-corrected chi connectivity index (χ2v) is 7.59. The maximum absolute atomic E-state index is 12.4. The standard InChI is InChI=1S/C20H24N4O5/c25-19(5-8-23-13-16(12-22-23)24(26)27)21-14-20(6-1-2-7-20)15-3-4-17-18(11-15)29-10-9-28-17/h3-4,11-13H,1-2,5-10,14H2,(H,21,25). The van der Waals surface area contributed by atoms with E-state index in [9.17, 15) is 14.9 Å². The second-order valence-electron chi connectivity index (χ2n) is 7.59. The number of rotatable bonds is 7. The first-order chi connectivity index (χ1) is 14.1. The summed E-state index contributed by atoms with van der Waals surface area (Å²) in [5, 5.41) is 17.7. The summed E-state index contributed by atoms with van der Waals surface area (Å²) in [7, 11) is 0. The number of hydrogen-bond donors (Lipinski definition) is 1. The average Bonchev–Trinajstić information content (AvgIpc) is 3.41. The Morgan fingerprint density at radius 1 is 1.24 bits per heavy atom. The number of fused-ring (bicyclic) bond motifs is 1. The lowest BCUT2D eigenvalue weighted by atomic mass is 9.78. The highest BCUT2D eigenvalue weighted by molar-refractivity contribution is 5.76. The van der Waals surface area contributed by atoms with E-state index in [-0.39, 0.29) is 23.4 Å². The number of aryl methyl sites for hydroxylation is 1. The molecular formula is C20H24N4O5. The minimum atomic E-state index is -0.499. The smallest absolute Gasteiger partial charge is 0.306 e. The summed E-state index contributed by atoms with van der Waals surface area (Å²) < 4.78 is 12.8. The van der Waals surface area contributed by atoms with Gasteiger partial charge in [-0.05, 0) is 30.5 Å². The van der Waals surface area contributed by atoms with Crippen LogP contribution in [0.3, 0.4) is 0 Å². The highest BCUT2D eigenvalue weighted by atomic mass is 16.6. The van der Waals surface area contributed by atoms with E-state index in [1.165, 1.54) is 22.6 Å². The molecule has 1 N–H and O–H groups in total. The second kappa shape index (κ2) is 8.10. The molecule has 9 heteroatoms. The first kappa shape index (κ1) is 19.2. The number of hydrogen-bond acceptors (Lipinski definition) is 6. The molecule has 2 aliphatic rings. The van der Waals surface area contributed by atoms with Crippen LogP contribution in [-0.2, 0) is 16.8 Å². The Bertz CT molecular complexity index is 904. The highest BCUT2D eigenvalue weighted by Gasteiger charge is 2.36. The van der Waals surface area contributed by atoms with Crippen LogP contribution in [0.15, 0.2) is 30.6 Å². The molecule has 0 unspecified atom stereocenters. The summed E-state index contributed by atoms with van der Waals surface area (Å²) in [6.45, 7) is 1.97. The van der Waals surface area contributed by atoms with Gasteiger partial charge in [-0.15, -0.1) is 0 Å². The number of carbonyl (C=O) groups excluding carboxylic acids is 1. The lowest BCUT2D eigenvalue weighted by molar-refractivity contribution is -0.385.